The molecule has 2 heterocycles. The molecule has 0 unspecified atom stereocenters. The van der Waals surface area contributed by atoms with Crippen molar-refractivity contribution in [2.24, 2.45) is 0 Å². The Hall–Kier alpha value is -2.59. The summed E-state index contributed by atoms with van der Waals surface area (Å²) >= 11 is 9.36. The molecule has 9 nitrogen and oxygen atoms in total. The lowest BCUT2D eigenvalue weighted by molar-refractivity contribution is 0.209. The first-order chi connectivity index (χ1) is 14.5. The minimum Gasteiger partial charge on any atom is -0.496 e. The molecular weight excluding hydrogens is 476 g/mol. The number of aromatic nitrogens is 4. The molecule has 0 radical (unpaired) electrons. The molecule has 3 rings (SSSR count). The molecule has 0 bridgehead atoms. The van der Waals surface area contributed by atoms with Gasteiger partial charge in [-0.25, -0.2) is 9.78 Å². The Kier molecular flexibility index (Phi) is 7.33. The van der Waals surface area contributed by atoms with Crippen LogP contribution in [0.3, 0.4) is 0 Å². The Labute approximate surface area is 186 Å². The summed E-state index contributed by atoms with van der Waals surface area (Å²) in [4.78, 5) is 19.7. The van der Waals surface area contributed by atoms with Crippen LogP contribution in [0, 0.1) is 0 Å². The molecule has 0 saturated carbocycles. The maximum absolute atomic E-state index is 11.1. The molecule has 0 fully saturated rings. The molecule has 3 N–H and O–H groups in total. The topological polar surface area (TPSA) is 114 Å². The van der Waals surface area contributed by atoms with Gasteiger partial charge in [-0.1, -0.05) is 25.5 Å². The fraction of sp³-hybridized carbons (Fsp3) is 0.368. The smallest absolute Gasteiger partial charge is 0.411 e. The second-order valence-electron chi connectivity index (χ2n) is 6.53. The Morgan fingerprint density at radius 3 is 2.83 bits per heavy atom. The van der Waals surface area contributed by atoms with Gasteiger partial charge in [0.2, 0.25) is 5.95 Å². The number of halogens is 2. The summed E-state index contributed by atoms with van der Waals surface area (Å²) in [6.07, 6.45) is 0.714. The summed E-state index contributed by atoms with van der Waals surface area (Å²) in [5, 5.41) is 19.1. The molecule has 0 aliphatic rings. The summed E-state index contributed by atoms with van der Waals surface area (Å²) in [6, 6.07) is 5.79. The summed E-state index contributed by atoms with van der Waals surface area (Å²) in [6.45, 7) is 3.18. The summed E-state index contributed by atoms with van der Waals surface area (Å²) in [5.74, 6) is 1.59. The van der Waals surface area contributed by atoms with Crippen LogP contribution in [-0.4, -0.2) is 44.6 Å². The average molecular weight is 498 g/mol. The van der Waals surface area contributed by atoms with E-state index in [4.69, 9.17) is 21.4 Å². The number of methoxy groups -OCH3 is 1. The van der Waals surface area contributed by atoms with E-state index >= 15 is 0 Å². The predicted octanol–water partition coefficient (Wildman–Crippen LogP) is 4.69. The fourth-order valence-electron chi connectivity index (χ4n) is 2.98. The minimum absolute atomic E-state index is 0.0155. The Morgan fingerprint density at radius 1 is 1.37 bits per heavy atom. The van der Waals surface area contributed by atoms with Crippen LogP contribution in [-0.2, 0) is 12.4 Å². The number of alkyl halides is 1. The number of carboxylic acid groups (broad SMARTS) is 1. The zero-order chi connectivity index (χ0) is 21.7. The van der Waals surface area contributed by atoms with Crippen LogP contribution in [0.1, 0.15) is 30.9 Å². The SMILES string of the molecule is CCCCNc1nc(NC(=O)O)nc2c(Br)nn(Cc3ccc(CCl)cc3OC)c12. The number of rotatable bonds is 9. The van der Waals surface area contributed by atoms with Crippen molar-refractivity contribution >= 4 is 56.4 Å². The van der Waals surface area contributed by atoms with Crippen LogP contribution in [0.15, 0.2) is 22.8 Å². The van der Waals surface area contributed by atoms with Crippen LogP contribution in [0.2, 0.25) is 0 Å². The molecule has 0 spiro atoms. The number of hydrogen-bond donors (Lipinski definition) is 3. The van der Waals surface area contributed by atoms with Gasteiger partial charge in [0.05, 0.1) is 13.7 Å². The number of unbranched alkanes of at least 4 members (excludes halogenated alkanes) is 1. The second-order valence-corrected chi connectivity index (χ2v) is 7.55. The highest BCUT2D eigenvalue weighted by Crippen LogP contribution is 2.30. The van der Waals surface area contributed by atoms with Gasteiger partial charge in [-0.15, -0.1) is 11.6 Å². The highest BCUT2D eigenvalue weighted by molar-refractivity contribution is 9.10. The normalized spacial score (nSPS) is 10.9. The molecule has 3 aromatic rings. The first-order valence-corrected chi connectivity index (χ1v) is 10.7. The highest BCUT2D eigenvalue weighted by Gasteiger charge is 2.19. The van der Waals surface area contributed by atoms with Crippen molar-refractivity contribution < 1.29 is 14.6 Å². The third kappa shape index (κ3) is 4.93. The van der Waals surface area contributed by atoms with Crippen LogP contribution in [0.5, 0.6) is 5.75 Å². The van der Waals surface area contributed by atoms with Gasteiger partial charge in [-0.2, -0.15) is 10.1 Å². The van der Waals surface area contributed by atoms with Crippen molar-refractivity contribution in [2.45, 2.75) is 32.2 Å². The number of anilines is 2. The number of hydrogen-bond acceptors (Lipinski definition) is 6. The van der Waals surface area contributed by atoms with Crippen molar-refractivity contribution in [3.05, 3.63) is 33.9 Å². The number of benzene rings is 1. The van der Waals surface area contributed by atoms with Gasteiger partial charge in [0.15, 0.2) is 10.4 Å². The lowest BCUT2D eigenvalue weighted by Gasteiger charge is -2.13. The van der Waals surface area contributed by atoms with Gasteiger partial charge < -0.3 is 15.2 Å². The van der Waals surface area contributed by atoms with Gasteiger partial charge in [-0.05, 0) is 34.0 Å². The number of carbonyl (C=O) groups is 1. The first-order valence-electron chi connectivity index (χ1n) is 9.36. The summed E-state index contributed by atoms with van der Waals surface area (Å²) in [7, 11) is 1.61. The van der Waals surface area contributed by atoms with Gasteiger partial charge >= 0.3 is 6.09 Å². The third-order valence-electron chi connectivity index (χ3n) is 4.41. The number of amides is 1. The van der Waals surface area contributed by atoms with Gasteiger partial charge in [0.25, 0.3) is 0 Å². The van der Waals surface area contributed by atoms with Gasteiger partial charge in [-0.3, -0.25) is 10.00 Å². The summed E-state index contributed by atoms with van der Waals surface area (Å²) in [5.41, 5.74) is 3.04. The fourth-order valence-corrected chi connectivity index (χ4v) is 3.62. The lowest BCUT2D eigenvalue weighted by atomic mass is 10.1. The maximum Gasteiger partial charge on any atom is 0.411 e. The Bertz CT molecular complexity index is 1060. The number of fused-ring (bicyclic) bond motifs is 1. The van der Waals surface area contributed by atoms with Gasteiger partial charge in [0, 0.05) is 18.0 Å². The van der Waals surface area contributed by atoms with Crippen molar-refractivity contribution in [1.29, 1.82) is 0 Å². The highest BCUT2D eigenvalue weighted by atomic mass is 79.9. The third-order valence-corrected chi connectivity index (χ3v) is 5.26. The molecule has 0 aliphatic carbocycles. The molecule has 30 heavy (non-hydrogen) atoms. The molecule has 1 aromatic carbocycles. The van der Waals surface area contributed by atoms with E-state index in [1.807, 2.05) is 18.2 Å². The second kappa shape index (κ2) is 9.94. The standard InChI is InChI=1S/C19H22BrClN6O3/c1-3-4-7-22-17-15-14(23-18(24-17)25-19(28)29)16(20)26-27(15)10-12-6-5-11(9-21)8-13(12)30-2/h5-6,8H,3-4,7,9-10H2,1-2H3,(H,28,29)(H2,22,23,24,25). The number of nitrogens with one attached hydrogen (secondary N) is 2. The molecule has 0 atom stereocenters. The zero-order valence-corrected chi connectivity index (χ0v) is 18.9. The predicted molar refractivity (Wildman–Crippen MR) is 120 cm³/mol. The van der Waals surface area contributed by atoms with Crippen LogP contribution < -0.4 is 15.4 Å². The molecule has 2 aromatic heterocycles. The van der Waals surface area contributed by atoms with Crippen molar-refractivity contribution in [3.8, 4) is 5.75 Å². The van der Waals surface area contributed by atoms with E-state index in [2.05, 4.69) is 48.6 Å². The molecule has 160 valence electrons. The first kappa shape index (κ1) is 22.1. The Balaban J connectivity index is 2.07. The lowest BCUT2D eigenvalue weighted by Crippen LogP contribution is -2.14. The zero-order valence-electron chi connectivity index (χ0n) is 16.6. The molecule has 1 amide bonds. The largest absolute Gasteiger partial charge is 0.496 e. The van der Waals surface area contributed by atoms with E-state index in [9.17, 15) is 4.79 Å². The van der Waals surface area contributed by atoms with E-state index in [1.54, 1.807) is 11.8 Å². The monoisotopic (exact) mass is 496 g/mol. The number of ether oxygens (including phenoxy) is 1. The summed E-state index contributed by atoms with van der Waals surface area (Å²) < 4.78 is 7.77. The van der Waals surface area contributed by atoms with Crippen LogP contribution in [0.4, 0.5) is 16.6 Å². The van der Waals surface area contributed by atoms with Crippen LogP contribution >= 0.6 is 27.5 Å². The molecule has 0 aliphatic heterocycles. The van der Waals surface area contributed by atoms with Crippen molar-refractivity contribution in [3.63, 3.8) is 0 Å². The van der Waals surface area contributed by atoms with Gasteiger partial charge in [0.1, 0.15) is 16.8 Å². The minimum atomic E-state index is -1.23. The van der Waals surface area contributed by atoms with Crippen LogP contribution in [0.25, 0.3) is 11.0 Å². The molecule has 11 heteroatoms. The van der Waals surface area contributed by atoms with E-state index in [0.29, 0.717) is 46.2 Å². The van der Waals surface area contributed by atoms with E-state index in [-0.39, 0.29) is 5.95 Å². The Morgan fingerprint density at radius 2 is 2.17 bits per heavy atom. The van der Waals surface area contributed by atoms with Crippen molar-refractivity contribution in [2.75, 3.05) is 24.3 Å². The average Bonchev–Trinajstić information content (AvgIpc) is 3.03. The molecule has 0 saturated heterocycles. The molecular formula is C19H22BrClN6O3. The van der Waals surface area contributed by atoms with Crippen molar-refractivity contribution in [1.82, 2.24) is 19.7 Å². The maximum atomic E-state index is 11.1. The van der Waals surface area contributed by atoms with E-state index in [0.717, 1.165) is 24.0 Å². The van der Waals surface area contributed by atoms with E-state index in [1.165, 1.54) is 0 Å². The number of nitrogens with zero attached hydrogens (tertiary/aromatic N) is 4. The quantitative estimate of drug-likeness (QED) is 0.290. The van der Waals surface area contributed by atoms with E-state index < -0.39 is 6.09 Å².